The van der Waals surface area contributed by atoms with Gasteiger partial charge < -0.3 is 10.2 Å². The minimum atomic E-state index is -0.0152. The summed E-state index contributed by atoms with van der Waals surface area (Å²) in [5.41, 5.74) is 5.37. The highest BCUT2D eigenvalue weighted by molar-refractivity contribution is 5.94. The van der Waals surface area contributed by atoms with Gasteiger partial charge in [0.25, 0.3) is 5.91 Å². The van der Waals surface area contributed by atoms with Crippen LogP contribution in [0.4, 0.5) is 0 Å². The molecule has 0 spiro atoms. The van der Waals surface area contributed by atoms with Crippen LogP contribution in [-0.2, 0) is 11.3 Å². The van der Waals surface area contributed by atoms with Crippen molar-refractivity contribution >= 4 is 11.8 Å². The van der Waals surface area contributed by atoms with Crippen molar-refractivity contribution in [3.8, 4) is 0 Å². The Hall–Kier alpha value is -2.62. The van der Waals surface area contributed by atoms with E-state index in [0.717, 1.165) is 29.5 Å². The van der Waals surface area contributed by atoms with Crippen molar-refractivity contribution in [3.05, 3.63) is 70.3 Å². The Morgan fingerprint density at radius 1 is 1.00 bits per heavy atom. The van der Waals surface area contributed by atoms with Crippen molar-refractivity contribution in [1.29, 1.82) is 0 Å². The van der Waals surface area contributed by atoms with Crippen molar-refractivity contribution in [2.75, 3.05) is 13.1 Å². The second kappa shape index (κ2) is 8.38. The smallest absolute Gasteiger partial charge is 0.253 e. The van der Waals surface area contributed by atoms with Gasteiger partial charge in [-0.15, -0.1) is 0 Å². The van der Waals surface area contributed by atoms with E-state index in [1.165, 1.54) is 11.1 Å². The molecule has 142 valence electrons. The first-order valence-corrected chi connectivity index (χ1v) is 9.64. The molecule has 4 heteroatoms. The van der Waals surface area contributed by atoms with Crippen LogP contribution >= 0.6 is 0 Å². The number of nitrogens with zero attached hydrogens (tertiary/aromatic N) is 1. The van der Waals surface area contributed by atoms with Gasteiger partial charge in [-0.2, -0.15) is 0 Å². The van der Waals surface area contributed by atoms with Gasteiger partial charge in [0.05, 0.1) is 0 Å². The molecule has 0 aliphatic carbocycles. The Labute approximate surface area is 161 Å². The van der Waals surface area contributed by atoms with E-state index >= 15 is 0 Å². The average molecular weight is 364 g/mol. The summed E-state index contributed by atoms with van der Waals surface area (Å²) in [5, 5.41) is 3.04. The Balaban J connectivity index is 1.51. The van der Waals surface area contributed by atoms with Gasteiger partial charge in [-0.1, -0.05) is 35.9 Å². The monoisotopic (exact) mass is 364 g/mol. The van der Waals surface area contributed by atoms with E-state index in [2.05, 4.69) is 11.4 Å². The van der Waals surface area contributed by atoms with Crippen LogP contribution in [0, 0.1) is 26.7 Å². The van der Waals surface area contributed by atoms with Crippen molar-refractivity contribution in [2.45, 2.75) is 40.2 Å². The molecule has 1 aliphatic rings. The Kier molecular flexibility index (Phi) is 5.94. The summed E-state index contributed by atoms with van der Waals surface area (Å²) < 4.78 is 0. The van der Waals surface area contributed by atoms with Gasteiger partial charge in [0.2, 0.25) is 5.91 Å². The van der Waals surface area contributed by atoms with Gasteiger partial charge in [-0.25, -0.2) is 0 Å². The molecule has 2 aromatic rings. The number of hydrogen-bond acceptors (Lipinski definition) is 2. The van der Waals surface area contributed by atoms with E-state index in [1.54, 1.807) is 0 Å². The van der Waals surface area contributed by atoms with E-state index in [-0.39, 0.29) is 17.7 Å². The van der Waals surface area contributed by atoms with Crippen LogP contribution in [0.5, 0.6) is 0 Å². The lowest BCUT2D eigenvalue weighted by Crippen LogP contribution is -2.43. The minimum absolute atomic E-state index is 0.0152. The molecule has 0 atom stereocenters. The van der Waals surface area contributed by atoms with E-state index in [9.17, 15) is 9.59 Å². The van der Waals surface area contributed by atoms with Crippen LogP contribution in [-0.4, -0.2) is 29.8 Å². The van der Waals surface area contributed by atoms with Crippen LogP contribution in [0.25, 0.3) is 0 Å². The predicted octanol–water partition coefficient (Wildman–Crippen LogP) is 3.78. The summed E-state index contributed by atoms with van der Waals surface area (Å²) in [4.78, 5) is 27.0. The molecule has 2 amide bonds. The number of benzene rings is 2. The summed E-state index contributed by atoms with van der Waals surface area (Å²) in [6.07, 6.45) is 1.44. The van der Waals surface area contributed by atoms with Crippen LogP contribution in [0.3, 0.4) is 0 Å². The summed E-state index contributed by atoms with van der Waals surface area (Å²) in [6, 6.07) is 14.0. The predicted molar refractivity (Wildman–Crippen MR) is 108 cm³/mol. The molecule has 0 radical (unpaired) electrons. The number of carbonyl (C=O) groups excluding carboxylic acids is 2. The van der Waals surface area contributed by atoms with Gasteiger partial charge in [0, 0.05) is 31.1 Å². The fraction of sp³-hybridized carbons (Fsp3) is 0.391. The maximum atomic E-state index is 12.7. The molecule has 1 N–H and O–H groups in total. The molecule has 1 aliphatic heterocycles. The first-order chi connectivity index (χ1) is 12.9. The minimum Gasteiger partial charge on any atom is -0.352 e. The molecular formula is C23H28N2O2. The summed E-state index contributed by atoms with van der Waals surface area (Å²) in [5.74, 6) is 0.144. The van der Waals surface area contributed by atoms with E-state index in [1.807, 2.05) is 62.1 Å². The molecule has 1 heterocycles. The third kappa shape index (κ3) is 4.76. The number of aryl methyl sites for hydroxylation is 3. The van der Waals surface area contributed by atoms with Crippen molar-refractivity contribution < 1.29 is 9.59 Å². The molecule has 27 heavy (non-hydrogen) atoms. The molecule has 4 nitrogen and oxygen atoms in total. The first kappa shape index (κ1) is 19.2. The molecule has 1 saturated heterocycles. The average Bonchev–Trinajstić information content (AvgIpc) is 2.68. The Morgan fingerprint density at radius 3 is 2.41 bits per heavy atom. The van der Waals surface area contributed by atoms with Crippen molar-refractivity contribution in [2.24, 2.45) is 5.92 Å². The van der Waals surface area contributed by atoms with Gasteiger partial charge in [-0.3, -0.25) is 9.59 Å². The highest BCUT2D eigenvalue weighted by Crippen LogP contribution is 2.20. The second-order valence-corrected chi connectivity index (χ2v) is 7.57. The van der Waals surface area contributed by atoms with Crippen molar-refractivity contribution in [1.82, 2.24) is 10.2 Å². The molecular weight excluding hydrogens is 336 g/mol. The first-order valence-electron chi connectivity index (χ1n) is 9.64. The number of hydrogen-bond donors (Lipinski definition) is 1. The zero-order valence-electron chi connectivity index (χ0n) is 16.4. The quantitative estimate of drug-likeness (QED) is 0.897. The summed E-state index contributed by atoms with van der Waals surface area (Å²) in [6.45, 7) is 7.94. The van der Waals surface area contributed by atoms with Crippen LogP contribution in [0.1, 0.15) is 45.5 Å². The number of carbonyl (C=O) groups is 2. The normalized spacial score (nSPS) is 14.9. The third-order valence-corrected chi connectivity index (χ3v) is 5.46. The molecule has 0 aromatic heterocycles. The zero-order chi connectivity index (χ0) is 19.4. The van der Waals surface area contributed by atoms with E-state index < -0.39 is 0 Å². The lowest BCUT2D eigenvalue weighted by Gasteiger charge is -2.31. The molecule has 0 unspecified atom stereocenters. The molecule has 3 rings (SSSR count). The standard InChI is InChI=1S/C23H28N2O2/c1-16-5-4-6-19(13-16)15-24-22(26)20-9-11-25(12-10-20)23(27)21-8-7-17(2)18(3)14-21/h4-8,13-14,20H,9-12,15H2,1-3H3,(H,24,26). The molecule has 2 aromatic carbocycles. The van der Waals surface area contributed by atoms with E-state index in [4.69, 9.17) is 0 Å². The second-order valence-electron chi connectivity index (χ2n) is 7.57. The zero-order valence-corrected chi connectivity index (χ0v) is 16.4. The number of rotatable bonds is 4. The van der Waals surface area contributed by atoms with Gasteiger partial charge in [-0.05, 0) is 62.4 Å². The summed E-state index contributed by atoms with van der Waals surface area (Å²) in [7, 11) is 0. The van der Waals surface area contributed by atoms with Crippen LogP contribution < -0.4 is 5.32 Å². The number of amides is 2. The number of piperidine rings is 1. The van der Waals surface area contributed by atoms with Gasteiger partial charge in [0.15, 0.2) is 0 Å². The topological polar surface area (TPSA) is 49.4 Å². The Morgan fingerprint density at radius 2 is 1.74 bits per heavy atom. The largest absolute Gasteiger partial charge is 0.352 e. The molecule has 1 fully saturated rings. The van der Waals surface area contributed by atoms with E-state index in [0.29, 0.717) is 19.6 Å². The lowest BCUT2D eigenvalue weighted by molar-refractivity contribution is -0.126. The SMILES string of the molecule is Cc1cccc(CNC(=O)C2CCN(C(=O)c3ccc(C)c(C)c3)CC2)c1. The highest BCUT2D eigenvalue weighted by atomic mass is 16.2. The fourth-order valence-electron chi connectivity index (χ4n) is 3.56. The lowest BCUT2D eigenvalue weighted by atomic mass is 9.95. The van der Waals surface area contributed by atoms with Crippen LogP contribution in [0.2, 0.25) is 0 Å². The summed E-state index contributed by atoms with van der Waals surface area (Å²) >= 11 is 0. The maximum Gasteiger partial charge on any atom is 0.253 e. The highest BCUT2D eigenvalue weighted by Gasteiger charge is 2.27. The molecule has 0 saturated carbocycles. The number of likely N-dealkylation sites (tertiary alicyclic amines) is 1. The Bertz CT molecular complexity index is 836. The maximum absolute atomic E-state index is 12.7. The van der Waals surface area contributed by atoms with Crippen molar-refractivity contribution in [3.63, 3.8) is 0 Å². The fourth-order valence-corrected chi connectivity index (χ4v) is 3.56. The number of nitrogens with one attached hydrogen (secondary N) is 1. The third-order valence-electron chi connectivity index (χ3n) is 5.46. The van der Waals surface area contributed by atoms with Crippen LogP contribution in [0.15, 0.2) is 42.5 Å². The van der Waals surface area contributed by atoms with Gasteiger partial charge in [0.1, 0.15) is 0 Å². The van der Waals surface area contributed by atoms with Gasteiger partial charge >= 0.3 is 0 Å². The molecule has 0 bridgehead atoms.